The second-order valence-corrected chi connectivity index (χ2v) is 6.53. The van der Waals surface area contributed by atoms with Gasteiger partial charge in [0, 0.05) is 11.3 Å². The Morgan fingerprint density at radius 2 is 1.63 bits per heavy atom. The molecule has 0 aliphatic rings. The number of hydrogen-bond acceptors (Lipinski definition) is 4. The molecule has 30 heavy (non-hydrogen) atoms. The average molecular weight is 404 g/mol. The van der Waals surface area contributed by atoms with Gasteiger partial charge in [0.2, 0.25) is 0 Å². The summed E-state index contributed by atoms with van der Waals surface area (Å²) in [5.41, 5.74) is 1.51. The van der Waals surface area contributed by atoms with Crippen molar-refractivity contribution < 1.29 is 19.1 Å². The zero-order chi connectivity index (χ0) is 21.3. The van der Waals surface area contributed by atoms with Crippen molar-refractivity contribution in [2.75, 3.05) is 17.2 Å². The van der Waals surface area contributed by atoms with Crippen molar-refractivity contribution in [2.24, 2.45) is 0 Å². The van der Waals surface area contributed by atoms with Crippen LogP contribution in [-0.4, -0.2) is 24.5 Å². The van der Waals surface area contributed by atoms with Gasteiger partial charge in [0.25, 0.3) is 11.8 Å². The van der Waals surface area contributed by atoms with Crippen LogP contribution in [0, 0.1) is 0 Å². The van der Waals surface area contributed by atoms with Gasteiger partial charge in [-0.3, -0.25) is 9.59 Å². The Balaban J connectivity index is 1.65. The Morgan fingerprint density at radius 1 is 0.900 bits per heavy atom. The SMILES string of the molecule is CCOc1ccccc1NC(=O)c1cccc(NC(=O)[C@H](C)Oc2ccccc2)c1. The lowest BCUT2D eigenvalue weighted by molar-refractivity contribution is -0.122. The molecule has 0 saturated heterocycles. The maximum absolute atomic E-state index is 12.7. The van der Waals surface area contributed by atoms with Crippen LogP contribution in [-0.2, 0) is 4.79 Å². The van der Waals surface area contributed by atoms with E-state index >= 15 is 0 Å². The normalized spacial score (nSPS) is 11.3. The highest BCUT2D eigenvalue weighted by Gasteiger charge is 2.16. The molecule has 0 radical (unpaired) electrons. The molecule has 3 rings (SSSR count). The Morgan fingerprint density at radius 3 is 2.40 bits per heavy atom. The summed E-state index contributed by atoms with van der Waals surface area (Å²) in [5.74, 6) is 0.607. The molecular weight excluding hydrogens is 380 g/mol. The molecule has 0 heterocycles. The van der Waals surface area contributed by atoms with Gasteiger partial charge in [0.15, 0.2) is 6.10 Å². The number of amides is 2. The maximum atomic E-state index is 12.7. The van der Waals surface area contributed by atoms with E-state index in [0.717, 1.165) is 0 Å². The molecule has 0 spiro atoms. The van der Waals surface area contributed by atoms with Crippen LogP contribution in [0.15, 0.2) is 78.9 Å². The van der Waals surface area contributed by atoms with Crippen LogP contribution >= 0.6 is 0 Å². The number of ether oxygens (including phenoxy) is 2. The Kier molecular flexibility index (Phi) is 7.05. The number of anilines is 2. The highest BCUT2D eigenvalue weighted by atomic mass is 16.5. The fourth-order valence-electron chi connectivity index (χ4n) is 2.78. The summed E-state index contributed by atoms with van der Waals surface area (Å²) >= 11 is 0. The molecule has 3 aromatic rings. The van der Waals surface area contributed by atoms with E-state index in [-0.39, 0.29) is 11.8 Å². The number of hydrogen-bond donors (Lipinski definition) is 2. The van der Waals surface area contributed by atoms with Crippen LogP contribution in [0.3, 0.4) is 0 Å². The predicted octanol–water partition coefficient (Wildman–Crippen LogP) is 4.74. The van der Waals surface area contributed by atoms with E-state index in [2.05, 4.69) is 10.6 Å². The second kappa shape index (κ2) is 10.1. The van der Waals surface area contributed by atoms with Gasteiger partial charge < -0.3 is 20.1 Å². The molecule has 2 N–H and O–H groups in total. The first kappa shape index (κ1) is 20.9. The smallest absolute Gasteiger partial charge is 0.265 e. The Bertz CT molecular complexity index is 1000. The van der Waals surface area contributed by atoms with E-state index in [9.17, 15) is 9.59 Å². The van der Waals surface area contributed by atoms with Crippen molar-refractivity contribution in [3.63, 3.8) is 0 Å². The van der Waals surface area contributed by atoms with Gasteiger partial charge in [-0.1, -0.05) is 36.4 Å². The first-order valence-corrected chi connectivity index (χ1v) is 9.72. The molecule has 6 nitrogen and oxygen atoms in total. The van der Waals surface area contributed by atoms with Crippen molar-refractivity contribution in [3.8, 4) is 11.5 Å². The number of carbonyl (C=O) groups is 2. The number of benzene rings is 3. The van der Waals surface area contributed by atoms with Crippen molar-refractivity contribution in [1.29, 1.82) is 0 Å². The largest absolute Gasteiger partial charge is 0.492 e. The van der Waals surface area contributed by atoms with Gasteiger partial charge >= 0.3 is 0 Å². The third kappa shape index (κ3) is 5.61. The van der Waals surface area contributed by atoms with E-state index in [1.165, 1.54) is 0 Å². The number of carbonyl (C=O) groups excluding carboxylic acids is 2. The lowest BCUT2D eigenvalue weighted by atomic mass is 10.1. The van der Waals surface area contributed by atoms with Gasteiger partial charge in [-0.15, -0.1) is 0 Å². The molecule has 1 atom stereocenters. The van der Waals surface area contributed by atoms with E-state index in [1.54, 1.807) is 55.5 Å². The molecule has 0 unspecified atom stereocenters. The molecular formula is C24H24N2O4. The van der Waals surface area contributed by atoms with Crippen molar-refractivity contribution in [2.45, 2.75) is 20.0 Å². The first-order chi connectivity index (χ1) is 14.6. The second-order valence-electron chi connectivity index (χ2n) is 6.53. The summed E-state index contributed by atoms with van der Waals surface area (Å²) in [6.07, 6.45) is -0.692. The monoisotopic (exact) mass is 404 g/mol. The van der Waals surface area contributed by atoms with Gasteiger partial charge in [0.1, 0.15) is 11.5 Å². The van der Waals surface area contributed by atoms with E-state index in [0.29, 0.717) is 35.0 Å². The van der Waals surface area contributed by atoms with Crippen molar-refractivity contribution >= 4 is 23.2 Å². The lowest BCUT2D eigenvalue weighted by Crippen LogP contribution is -2.30. The molecule has 2 amide bonds. The summed E-state index contributed by atoms with van der Waals surface area (Å²) in [6, 6.07) is 23.1. The van der Waals surface area contributed by atoms with E-state index < -0.39 is 6.10 Å². The zero-order valence-corrected chi connectivity index (χ0v) is 16.9. The number of rotatable bonds is 8. The standard InChI is InChI=1S/C24H24N2O4/c1-3-29-22-15-8-7-14-21(22)26-24(28)18-10-9-11-19(16-18)25-23(27)17(2)30-20-12-5-4-6-13-20/h4-17H,3H2,1-2H3,(H,25,27)(H,26,28)/t17-/m0/s1. The molecule has 154 valence electrons. The number of nitrogens with one attached hydrogen (secondary N) is 2. The van der Waals surface area contributed by atoms with Crippen molar-refractivity contribution in [1.82, 2.24) is 0 Å². The highest BCUT2D eigenvalue weighted by Crippen LogP contribution is 2.24. The fourth-order valence-corrected chi connectivity index (χ4v) is 2.78. The lowest BCUT2D eigenvalue weighted by Gasteiger charge is -2.15. The summed E-state index contributed by atoms with van der Waals surface area (Å²) in [7, 11) is 0. The third-order valence-corrected chi connectivity index (χ3v) is 4.25. The molecule has 0 fully saturated rings. The van der Waals surface area contributed by atoms with Gasteiger partial charge in [-0.2, -0.15) is 0 Å². The van der Waals surface area contributed by atoms with Crippen LogP contribution in [0.25, 0.3) is 0 Å². The molecule has 0 aromatic heterocycles. The van der Waals surface area contributed by atoms with E-state index in [1.807, 2.05) is 37.3 Å². The average Bonchev–Trinajstić information content (AvgIpc) is 2.76. The van der Waals surface area contributed by atoms with Crippen molar-refractivity contribution in [3.05, 3.63) is 84.4 Å². The van der Waals surface area contributed by atoms with Crippen LogP contribution in [0.1, 0.15) is 24.2 Å². The quantitative estimate of drug-likeness (QED) is 0.568. The minimum atomic E-state index is -0.692. The van der Waals surface area contributed by atoms with Crippen LogP contribution in [0.5, 0.6) is 11.5 Å². The van der Waals surface area contributed by atoms with Gasteiger partial charge in [-0.25, -0.2) is 0 Å². The van der Waals surface area contributed by atoms with Crippen LogP contribution in [0.2, 0.25) is 0 Å². The van der Waals surface area contributed by atoms with E-state index in [4.69, 9.17) is 9.47 Å². The molecule has 0 aliphatic carbocycles. The predicted molar refractivity (Wildman–Crippen MR) is 117 cm³/mol. The van der Waals surface area contributed by atoms with Crippen LogP contribution < -0.4 is 20.1 Å². The van der Waals surface area contributed by atoms with Gasteiger partial charge in [0.05, 0.1) is 12.3 Å². The minimum absolute atomic E-state index is 0.299. The Labute approximate surface area is 175 Å². The molecule has 0 bridgehead atoms. The Hall–Kier alpha value is -3.80. The first-order valence-electron chi connectivity index (χ1n) is 9.72. The number of para-hydroxylation sites is 3. The summed E-state index contributed by atoms with van der Waals surface area (Å²) in [6.45, 7) is 4.05. The fraction of sp³-hybridized carbons (Fsp3) is 0.167. The third-order valence-electron chi connectivity index (χ3n) is 4.25. The summed E-state index contributed by atoms with van der Waals surface area (Å²) < 4.78 is 11.2. The molecule has 0 aliphatic heterocycles. The minimum Gasteiger partial charge on any atom is -0.492 e. The zero-order valence-electron chi connectivity index (χ0n) is 16.9. The molecule has 3 aromatic carbocycles. The topological polar surface area (TPSA) is 76.7 Å². The highest BCUT2D eigenvalue weighted by molar-refractivity contribution is 6.06. The molecule has 0 saturated carbocycles. The maximum Gasteiger partial charge on any atom is 0.265 e. The van der Waals surface area contributed by atoms with Gasteiger partial charge in [-0.05, 0) is 56.3 Å². The summed E-state index contributed by atoms with van der Waals surface area (Å²) in [4.78, 5) is 25.1. The summed E-state index contributed by atoms with van der Waals surface area (Å²) in [5, 5.41) is 5.63. The molecule has 6 heteroatoms. The van der Waals surface area contributed by atoms with Crippen LogP contribution in [0.4, 0.5) is 11.4 Å².